The Kier molecular flexibility index (Phi) is 3.71. The van der Waals surface area contributed by atoms with Crippen LogP contribution in [0.4, 0.5) is 11.6 Å². The number of anilines is 2. The van der Waals surface area contributed by atoms with E-state index in [0.29, 0.717) is 36.2 Å². The molecule has 0 amide bonds. The van der Waals surface area contributed by atoms with Crippen LogP contribution in [0.15, 0.2) is 24.4 Å². The number of H-pyrrole nitrogens is 1. The van der Waals surface area contributed by atoms with E-state index in [1.165, 1.54) is 0 Å². The molecular formula is C17H17N7O. The summed E-state index contributed by atoms with van der Waals surface area (Å²) in [4.78, 5) is 18.5. The van der Waals surface area contributed by atoms with E-state index in [4.69, 9.17) is 15.5 Å². The number of rotatable bonds is 2. The van der Waals surface area contributed by atoms with Gasteiger partial charge in [0.05, 0.1) is 19.3 Å². The van der Waals surface area contributed by atoms with E-state index < -0.39 is 0 Å². The summed E-state index contributed by atoms with van der Waals surface area (Å²) in [5.74, 6) is 1.63. The minimum atomic E-state index is 0.204. The van der Waals surface area contributed by atoms with Gasteiger partial charge in [0, 0.05) is 29.8 Å². The molecule has 0 aromatic carbocycles. The van der Waals surface area contributed by atoms with Crippen LogP contribution in [0.2, 0.25) is 0 Å². The molecule has 0 saturated carbocycles. The van der Waals surface area contributed by atoms with Crippen LogP contribution in [0.1, 0.15) is 12.6 Å². The van der Waals surface area contributed by atoms with Crippen molar-refractivity contribution in [2.24, 2.45) is 0 Å². The van der Waals surface area contributed by atoms with Crippen molar-refractivity contribution in [3.8, 4) is 17.5 Å². The zero-order valence-corrected chi connectivity index (χ0v) is 13.7. The molecule has 8 nitrogen and oxygen atoms in total. The predicted molar refractivity (Wildman–Crippen MR) is 93.9 cm³/mol. The van der Waals surface area contributed by atoms with Crippen molar-refractivity contribution in [2.45, 2.75) is 13.0 Å². The van der Waals surface area contributed by atoms with Gasteiger partial charge in [-0.15, -0.1) is 0 Å². The molecule has 1 saturated heterocycles. The van der Waals surface area contributed by atoms with Crippen LogP contribution in [-0.4, -0.2) is 45.7 Å². The zero-order chi connectivity index (χ0) is 17.4. The summed E-state index contributed by atoms with van der Waals surface area (Å²) in [5.41, 5.74) is 7.70. The maximum Gasteiger partial charge on any atom is 0.164 e. The number of morpholine rings is 1. The van der Waals surface area contributed by atoms with Gasteiger partial charge >= 0.3 is 0 Å². The van der Waals surface area contributed by atoms with Crippen molar-refractivity contribution < 1.29 is 4.74 Å². The van der Waals surface area contributed by atoms with Crippen LogP contribution in [-0.2, 0) is 4.74 Å². The Morgan fingerprint density at radius 2 is 2.24 bits per heavy atom. The Hall–Kier alpha value is -3.18. The van der Waals surface area contributed by atoms with Crippen molar-refractivity contribution in [1.29, 1.82) is 5.26 Å². The first-order chi connectivity index (χ1) is 12.2. The van der Waals surface area contributed by atoms with Crippen LogP contribution in [0.25, 0.3) is 22.4 Å². The Bertz CT molecular complexity index is 975. The minimum absolute atomic E-state index is 0.204. The lowest BCUT2D eigenvalue weighted by Crippen LogP contribution is -2.44. The van der Waals surface area contributed by atoms with Crippen LogP contribution in [0.3, 0.4) is 0 Å². The van der Waals surface area contributed by atoms with E-state index in [1.54, 1.807) is 18.3 Å². The smallest absolute Gasteiger partial charge is 0.164 e. The maximum atomic E-state index is 9.24. The Labute approximate surface area is 144 Å². The van der Waals surface area contributed by atoms with Gasteiger partial charge in [-0.1, -0.05) is 0 Å². The summed E-state index contributed by atoms with van der Waals surface area (Å²) >= 11 is 0. The van der Waals surface area contributed by atoms with Gasteiger partial charge in [0.15, 0.2) is 5.82 Å². The molecule has 0 aliphatic carbocycles. The highest BCUT2D eigenvalue weighted by Crippen LogP contribution is 2.29. The molecule has 0 bridgehead atoms. The zero-order valence-electron chi connectivity index (χ0n) is 13.7. The predicted octanol–water partition coefficient (Wildman–Crippen LogP) is 1.70. The molecule has 3 aromatic rings. The first-order valence-corrected chi connectivity index (χ1v) is 8.03. The molecule has 1 fully saturated rings. The molecule has 1 unspecified atom stereocenters. The standard InChI is InChI=1S/C17H17N7O/c1-10-9-25-5-4-24(10)15-7-14(19)22-17(23-15)13-6-11(8-18)21-16-12(13)2-3-20-16/h2-3,6-7,10H,4-5,9H2,1H3,(H,20,21)(H2,19,22,23). The highest BCUT2D eigenvalue weighted by molar-refractivity contribution is 5.92. The summed E-state index contributed by atoms with van der Waals surface area (Å²) in [6.07, 6.45) is 1.78. The number of hydrogen-bond donors (Lipinski definition) is 2. The summed E-state index contributed by atoms with van der Waals surface area (Å²) < 4.78 is 5.49. The minimum Gasteiger partial charge on any atom is -0.384 e. The fourth-order valence-corrected chi connectivity index (χ4v) is 3.07. The van der Waals surface area contributed by atoms with Gasteiger partial charge in [0.1, 0.15) is 29.0 Å². The van der Waals surface area contributed by atoms with Crippen molar-refractivity contribution in [3.63, 3.8) is 0 Å². The second kappa shape index (κ2) is 6.03. The Morgan fingerprint density at radius 1 is 1.36 bits per heavy atom. The largest absolute Gasteiger partial charge is 0.384 e. The van der Waals surface area contributed by atoms with Crippen LogP contribution in [0, 0.1) is 11.3 Å². The molecule has 8 heteroatoms. The maximum absolute atomic E-state index is 9.24. The molecule has 0 spiro atoms. The summed E-state index contributed by atoms with van der Waals surface area (Å²) in [7, 11) is 0. The topological polar surface area (TPSA) is 117 Å². The Morgan fingerprint density at radius 3 is 3.04 bits per heavy atom. The number of nitrogens with one attached hydrogen (secondary N) is 1. The number of nitrogens with two attached hydrogens (primary N) is 1. The second-order valence-electron chi connectivity index (χ2n) is 6.00. The van der Waals surface area contributed by atoms with E-state index >= 15 is 0 Å². The molecule has 1 aliphatic heterocycles. The second-order valence-corrected chi connectivity index (χ2v) is 6.00. The number of aromatic amines is 1. The van der Waals surface area contributed by atoms with E-state index in [9.17, 15) is 5.26 Å². The summed E-state index contributed by atoms with van der Waals surface area (Å²) in [6.45, 7) is 4.13. The van der Waals surface area contributed by atoms with Gasteiger partial charge in [-0.05, 0) is 19.1 Å². The number of nitriles is 1. The van der Waals surface area contributed by atoms with Gasteiger partial charge in [-0.2, -0.15) is 5.26 Å². The van der Waals surface area contributed by atoms with Crippen molar-refractivity contribution in [2.75, 3.05) is 30.4 Å². The van der Waals surface area contributed by atoms with Crippen molar-refractivity contribution in [3.05, 3.63) is 30.1 Å². The lowest BCUT2D eigenvalue weighted by atomic mass is 10.1. The number of fused-ring (bicyclic) bond motifs is 1. The lowest BCUT2D eigenvalue weighted by molar-refractivity contribution is 0.0985. The number of nitrogen functional groups attached to an aromatic ring is 1. The highest BCUT2D eigenvalue weighted by atomic mass is 16.5. The quantitative estimate of drug-likeness (QED) is 0.732. The van der Waals surface area contributed by atoms with E-state index in [0.717, 1.165) is 23.3 Å². The van der Waals surface area contributed by atoms with E-state index in [1.807, 2.05) is 6.07 Å². The van der Waals surface area contributed by atoms with Crippen molar-refractivity contribution >= 4 is 22.7 Å². The third-order valence-corrected chi connectivity index (χ3v) is 4.28. The number of hydrogen-bond acceptors (Lipinski definition) is 7. The number of pyridine rings is 1. The number of ether oxygens (including phenoxy) is 1. The number of aromatic nitrogens is 4. The molecule has 3 aromatic heterocycles. The molecule has 4 heterocycles. The molecule has 126 valence electrons. The SMILES string of the molecule is CC1COCCN1c1cc(N)nc(-c2cc(C#N)nc3[nH]ccc23)n1. The van der Waals surface area contributed by atoms with Crippen LogP contribution < -0.4 is 10.6 Å². The Balaban J connectivity index is 1.86. The molecule has 3 N–H and O–H groups in total. The average Bonchev–Trinajstić information content (AvgIpc) is 3.09. The van der Waals surface area contributed by atoms with Crippen molar-refractivity contribution in [1.82, 2.24) is 19.9 Å². The molecule has 1 aliphatic rings. The molecular weight excluding hydrogens is 318 g/mol. The lowest BCUT2D eigenvalue weighted by Gasteiger charge is -2.34. The van der Waals surface area contributed by atoms with E-state index in [2.05, 4.69) is 32.8 Å². The fourth-order valence-electron chi connectivity index (χ4n) is 3.07. The highest BCUT2D eigenvalue weighted by Gasteiger charge is 2.22. The average molecular weight is 335 g/mol. The van der Waals surface area contributed by atoms with Gasteiger partial charge in [0.2, 0.25) is 0 Å². The van der Waals surface area contributed by atoms with Crippen LogP contribution >= 0.6 is 0 Å². The molecule has 25 heavy (non-hydrogen) atoms. The van der Waals surface area contributed by atoms with Gasteiger partial charge in [-0.3, -0.25) is 0 Å². The molecule has 4 rings (SSSR count). The monoisotopic (exact) mass is 335 g/mol. The molecule has 0 radical (unpaired) electrons. The van der Waals surface area contributed by atoms with Gasteiger partial charge in [-0.25, -0.2) is 15.0 Å². The van der Waals surface area contributed by atoms with Gasteiger partial charge < -0.3 is 20.4 Å². The normalized spacial score (nSPS) is 17.6. The first kappa shape index (κ1) is 15.4. The summed E-state index contributed by atoms with van der Waals surface area (Å²) in [6, 6.07) is 7.63. The van der Waals surface area contributed by atoms with E-state index in [-0.39, 0.29) is 6.04 Å². The third kappa shape index (κ3) is 2.75. The number of nitrogens with zero attached hydrogens (tertiary/aromatic N) is 5. The fraction of sp³-hybridized carbons (Fsp3) is 0.294. The summed E-state index contributed by atoms with van der Waals surface area (Å²) in [5, 5.41) is 10.1. The van der Waals surface area contributed by atoms with Crippen LogP contribution in [0.5, 0.6) is 0 Å². The third-order valence-electron chi connectivity index (χ3n) is 4.28. The first-order valence-electron chi connectivity index (χ1n) is 8.03. The van der Waals surface area contributed by atoms with Gasteiger partial charge in [0.25, 0.3) is 0 Å². The molecule has 1 atom stereocenters.